The third-order valence-corrected chi connectivity index (χ3v) is 2.47. The fourth-order valence-electron chi connectivity index (χ4n) is 1.40. The van der Waals surface area contributed by atoms with Gasteiger partial charge < -0.3 is 10.2 Å². The highest BCUT2D eigenvalue weighted by atomic mass is 19.1. The molecule has 0 aliphatic carbocycles. The maximum absolute atomic E-state index is 13.4. The molecule has 0 aromatic heterocycles. The molecular weight excluding hydrogens is 195 g/mol. The van der Waals surface area contributed by atoms with Crippen LogP contribution in [0.3, 0.4) is 0 Å². The SMILES string of the molecule is Cc1ccc(CCC(O)C(C)O)c(F)c1. The van der Waals surface area contributed by atoms with Gasteiger partial charge in [0.05, 0.1) is 12.2 Å². The van der Waals surface area contributed by atoms with E-state index in [0.717, 1.165) is 5.56 Å². The van der Waals surface area contributed by atoms with Crippen molar-refractivity contribution in [2.45, 2.75) is 38.9 Å². The summed E-state index contributed by atoms with van der Waals surface area (Å²) in [5.41, 5.74) is 1.47. The van der Waals surface area contributed by atoms with E-state index >= 15 is 0 Å². The van der Waals surface area contributed by atoms with Crippen LogP contribution in [0.1, 0.15) is 24.5 Å². The van der Waals surface area contributed by atoms with E-state index in [0.29, 0.717) is 18.4 Å². The molecule has 0 spiro atoms. The van der Waals surface area contributed by atoms with Gasteiger partial charge in [0.15, 0.2) is 0 Å². The molecule has 0 aliphatic rings. The summed E-state index contributed by atoms with van der Waals surface area (Å²) in [5.74, 6) is -0.243. The van der Waals surface area contributed by atoms with Crippen molar-refractivity contribution in [2.75, 3.05) is 0 Å². The summed E-state index contributed by atoms with van der Waals surface area (Å²) < 4.78 is 13.4. The van der Waals surface area contributed by atoms with Gasteiger partial charge in [0.2, 0.25) is 0 Å². The molecule has 0 bridgehead atoms. The standard InChI is InChI=1S/C12H17FO2/c1-8-3-4-10(11(13)7-8)5-6-12(15)9(2)14/h3-4,7,9,12,14-15H,5-6H2,1-2H3. The van der Waals surface area contributed by atoms with Gasteiger partial charge in [-0.3, -0.25) is 0 Å². The molecule has 1 rings (SSSR count). The van der Waals surface area contributed by atoms with E-state index < -0.39 is 12.2 Å². The Labute approximate surface area is 89.4 Å². The lowest BCUT2D eigenvalue weighted by atomic mass is 10.0. The maximum Gasteiger partial charge on any atom is 0.126 e. The van der Waals surface area contributed by atoms with Crippen LogP contribution in [0.5, 0.6) is 0 Å². The zero-order chi connectivity index (χ0) is 11.4. The topological polar surface area (TPSA) is 40.5 Å². The molecule has 0 saturated heterocycles. The molecule has 1 aromatic carbocycles. The molecule has 3 heteroatoms. The summed E-state index contributed by atoms with van der Waals surface area (Å²) in [6.45, 7) is 3.35. The second kappa shape index (κ2) is 5.24. The second-order valence-corrected chi connectivity index (χ2v) is 3.94. The van der Waals surface area contributed by atoms with Crippen molar-refractivity contribution in [3.63, 3.8) is 0 Å². The Morgan fingerprint density at radius 2 is 2.00 bits per heavy atom. The van der Waals surface area contributed by atoms with Crippen molar-refractivity contribution >= 4 is 0 Å². The summed E-state index contributed by atoms with van der Waals surface area (Å²) in [6, 6.07) is 5.04. The monoisotopic (exact) mass is 212 g/mol. The summed E-state index contributed by atoms with van der Waals surface area (Å²) >= 11 is 0. The first kappa shape index (κ1) is 12.1. The number of aliphatic hydroxyl groups is 2. The van der Waals surface area contributed by atoms with Crippen LogP contribution in [0.2, 0.25) is 0 Å². The molecule has 0 saturated carbocycles. The first-order valence-corrected chi connectivity index (χ1v) is 5.12. The first-order chi connectivity index (χ1) is 7.00. The van der Waals surface area contributed by atoms with Gasteiger partial charge in [-0.05, 0) is 43.9 Å². The lowest BCUT2D eigenvalue weighted by Gasteiger charge is -2.13. The Balaban J connectivity index is 2.58. The molecule has 84 valence electrons. The normalized spacial score (nSPS) is 15.0. The van der Waals surface area contributed by atoms with Gasteiger partial charge in [-0.2, -0.15) is 0 Å². The zero-order valence-electron chi connectivity index (χ0n) is 9.07. The van der Waals surface area contributed by atoms with Gasteiger partial charge >= 0.3 is 0 Å². The molecule has 2 unspecified atom stereocenters. The zero-order valence-corrected chi connectivity index (χ0v) is 9.07. The minimum atomic E-state index is -0.786. The van der Waals surface area contributed by atoms with Gasteiger partial charge in [0.1, 0.15) is 5.82 Å². The van der Waals surface area contributed by atoms with Crippen LogP contribution in [0, 0.1) is 12.7 Å². The highest BCUT2D eigenvalue weighted by Gasteiger charge is 2.11. The minimum absolute atomic E-state index is 0.243. The summed E-state index contributed by atoms with van der Waals surface area (Å²) in [6.07, 6.45) is -0.736. The van der Waals surface area contributed by atoms with E-state index in [-0.39, 0.29) is 5.82 Å². The molecule has 2 nitrogen and oxygen atoms in total. The number of hydrogen-bond donors (Lipinski definition) is 2. The quantitative estimate of drug-likeness (QED) is 0.799. The van der Waals surface area contributed by atoms with E-state index in [4.69, 9.17) is 5.11 Å². The van der Waals surface area contributed by atoms with Gasteiger partial charge in [-0.15, -0.1) is 0 Å². The largest absolute Gasteiger partial charge is 0.391 e. The molecule has 2 N–H and O–H groups in total. The van der Waals surface area contributed by atoms with Crippen LogP contribution >= 0.6 is 0 Å². The fourth-order valence-corrected chi connectivity index (χ4v) is 1.40. The van der Waals surface area contributed by atoms with Crippen LogP contribution in [0.4, 0.5) is 4.39 Å². The Hall–Kier alpha value is -0.930. The highest BCUT2D eigenvalue weighted by molar-refractivity contribution is 5.23. The Morgan fingerprint density at radius 3 is 2.53 bits per heavy atom. The minimum Gasteiger partial charge on any atom is -0.391 e. The number of benzene rings is 1. The van der Waals surface area contributed by atoms with E-state index in [1.165, 1.54) is 13.0 Å². The van der Waals surface area contributed by atoms with Crippen LogP contribution in [-0.4, -0.2) is 22.4 Å². The van der Waals surface area contributed by atoms with Crippen molar-refractivity contribution in [1.29, 1.82) is 0 Å². The van der Waals surface area contributed by atoms with Crippen molar-refractivity contribution in [3.05, 3.63) is 35.1 Å². The predicted molar refractivity (Wildman–Crippen MR) is 57.1 cm³/mol. The third-order valence-electron chi connectivity index (χ3n) is 2.47. The first-order valence-electron chi connectivity index (χ1n) is 5.12. The summed E-state index contributed by atoms with van der Waals surface area (Å²) in [5, 5.41) is 18.4. The second-order valence-electron chi connectivity index (χ2n) is 3.94. The van der Waals surface area contributed by atoms with E-state index in [1.807, 2.05) is 13.0 Å². The maximum atomic E-state index is 13.4. The van der Waals surface area contributed by atoms with Crippen LogP contribution in [-0.2, 0) is 6.42 Å². The van der Waals surface area contributed by atoms with Gasteiger partial charge in [0, 0.05) is 0 Å². The molecular formula is C12H17FO2. The van der Waals surface area contributed by atoms with E-state index in [1.54, 1.807) is 6.07 Å². The van der Waals surface area contributed by atoms with Crippen molar-refractivity contribution in [2.24, 2.45) is 0 Å². The van der Waals surface area contributed by atoms with Crippen molar-refractivity contribution in [3.8, 4) is 0 Å². The third kappa shape index (κ3) is 3.61. The molecule has 0 amide bonds. The van der Waals surface area contributed by atoms with Crippen LogP contribution in [0.15, 0.2) is 18.2 Å². The highest BCUT2D eigenvalue weighted by Crippen LogP contribution is 2.13. The van der Waals surface area contributed by atoms with Crippen LogP contribution in [0.25, 0.3) is 0 Å². The van der Waals surface area contributed by atoms with Gasteiger partial charge in [-0.1, -0.05) is 12.1 Å². The Kier molecular flexibility index (Phi) is 4.24. The average molecular weight is 212 g/mol. The number of aliphatic hydroxyl groups excluding tert-OH is 2. The predicted octanol–water partition coefficient (Wildman–Crippen LogP) is 1.81. The molecule has 0 radical (unpaired) electrons. The molecule has 1 aromatic rings. The van der Waals surface area contributed by atoms with Gasteiger partial charge in [-0.25, -0.2) is 4.39 Å². The van der Waals surface area contributed by atoms with Crippen molar-refractivity contribution in [1.82, 2.24) is 0 Å². The smallest absolute Gasteiger partial charge is 0.126 e. The molecule has 0 aliphatic heterocycles. The van der Waals surface area contributed by atoms with Crippen LogP contribution < -0.4 is 0 Å². The Morgan fingerprint density at radius 1 is 1.33 bits per heavy atom. The Bertz CT molecular complexity index is 323. The van der Waals surface area contributed by atoms with Crippen molar-refractivity contribution < 1.29 is 14.6 Å². The van der Waals surface area contributed by atoms with Gasteiger partial charge in [0.25, 0.3) is 0 Å². The molecule has 0 heterocycles. The lowest BCUT2D eigenvalue weighted by molar-refractivity contribution is 0.0264. The molecule has 0 fully saturated rings. The molecule has 2 atom stereocenters. The molecule has 15 heavy (non-hydrogen) atoms. The fraction of sp³-hybridized carbons (Fsp3) is 0.500. The average Bonchev–Trinajstić information content (AvgIpc) is 2.15. The number of hydrogen-bond acceptors (Lipinski definition) is 2. The van der Waals surface area contributed by atoms with E-state index in [2.05, 4.69) is 0 Å². The summed E-state index contributed by atoms with van der Waals surface area (Å²) in [7, 11) is 0. The summed E-state index contributed by atoms with van der Waals surface area (Å²) in [4.78, 5) is 0. The lowest BCUT2D eigenvalue weighted by Crippen LogP contribution is -2.23. The van der Waals surface area contributed by atoms with E-state index in [9.17, 15) is 9.50 Å². The number of aryl methyl sites for hydroxylation is 2. The number of rotatable bonds is 4. The number of halogens is 1.